The summed E-state index contributed by atoms with van der Waals surface area (Å²) < 4.78 is 2.12. The van der Waals surface area contributed by atoms with Gasteiger partial charge in [-0.05, 0) is 26.3 Å². The molecule has 0 bridgehead atoms. The van der Waals surface area contributed by atoms with Gasteiger partial charge in [-0.15, -0.1) is 0 Å². The van der Waals surface area contributed by atoms with Gasteiger partial charge in [0, 0.05) is 17.7 Å². The van der Waals surface area contributed by atoms with Gasteiger partial charge >= 0.3 is 0 Å². The summed E-state index contributed by atoms with van der Waals surface area (Å²) in [6, 6.07) is 0. The number of aryl methyl sites for hydroxylation is 2. The standard InChI is InChI=1S/C11H20N2/c1-7-13-10(11(4,5)6)8(2)9(3)12-13/h7H2,1-6H3. The molecule has 74 valence electrons. The molecule has 0 atom stereocenters. The maximum Gasteiger partial charge on any atom is 0.0625 e. The van der Waals surface area contributed by atoms with Gasteiger partial charge < -0.3 is 0 Å². The van der Waals surface area contributed by atoms with Crippen LogP contribution in [0.4, 0.5) is 0 Å². The number of hydrogen-bond acceptors (Lipinski definition) is 1. The quantitative estimate of drug-likeness (QED) is 0.650. The minimum Gasteiger partial charge on any atom is -0.269 e. The average Bonchev–Trinajstić information content (AvgIpc) is 2.26. The van der Waals surface area contributed by atoms with Crippen LogP contribution < -0.4 is 0 Å². The van der Waals surface area contributed by atoms with Crippen LogP contribution in [0.5, 0.6) is 0 Å². The molecule has 13 heavy (non-hydrogen) atoms. The van der Waals surface area contributed by atoms with E-state index in [1.54, 1.807) is 0 Å². The molecule has 0 radical (unpaired) electrons. The highest BCUT2D eigenvalue weighted by molar-refractivity contribution is 5.29. The Kier molecular flexibility index (Phi) is 2.51. The van der Waals surface area contributed by atoms with E-state index in [4.69, 9.17) is 0 Å². The lowest BCUT2D eigenvalue weighted by atomic mass is 9.89. The van der Waals surface area contributed by atoms with E-state index in [1.807, 2.05) is 0 Å². The molecule has 0 N–H and O–H groups in total. The van der Waals surface area contributed by atoms with Gasteiger partial charge in [0.15, 0.2) is 0 Å². The van der Waals surface area contributed by atoms with E-state index in [-0.39, 0.29) is 5.41 Å². The Morgan fingerprint density at radius 3 is 2.08 bits per heavy atom. The lowest BCUT2D eigenvalue weighted by molar-refractivity contribution is 0.495. The Labute approximate surface area is 81.0 Å². The van der Waals surface area contributed by atoms with E-state index in [2.05, 4.69) is 51.3 Å². The van der Waals surface area contributed by atoms with Crippen molar-refractivity contribution in [3.63, 3.8) is 0 Å². The zero-order valence-electron chi connectivity index (χ0n) is 9.60. The Morgan fingerprint density at radius 2 is 1.77 bits per heavy atom. The van der Waals surface area contributed by atoms with Crippen molar-refractivity contribution in [2.24, 2.45) is 0 Å². The van der Waals surface area contributed by atoms with E-state index in [9.17, 15) is 0 Å². The second kappa shape index (κ2) is 3.17. The van der Waals surface area contributed by atoms with Crippen LogP contribution in [0.25, 0.3) is 0 Å². The SMILES string of the molecule is CCn1nc(C)c(C)c1C(C)(C)C. The van der Waals surface area contributed by atoms with Crippen molar-refractivity contribution in [2.45, 2.75) is 53.5 Å². The fourth-order valence-corrected chi connectivity index (χ4v) is 1.85. The molecule has 2 nitrogen and oxygen atoms in total. The maximum atomic E-state index is 4.51. The molecule has 0 spiro atoms. The van der Waals surface area contributed by atoms with Crippen LogP contribution in [0.3, 0.4) is 0 Å². The van der Waals surface area contributed by atoms with E-state index in [0.29, 0.717) is 0 Å². The molecule has 0 unspecified atom stereocenters. The van der Waals surface area contributed by atoms with Crippen LogP contribution in [0.1, 0.15) is 44.6 Å². The van der Waals surface area contributed by atoms with E-state index in [1.165, 1.54) is 11.3 Å². The number of nitrogens with zero attached hydrogens (tertiary/aromatic N) is 2. The predicted octanol–water partition coefficient (Wildman–Crippen LogP) is 2.82. The molecule has 1 heterocycles. The lowest BCUT2D eigenvalue weighted by Gasteiger charge is -2.21. The Balaban J connectivity index is 3.33. The van der Waals surface area contributed by atoms with Gasteiger partial charge in [-0.25, -0.2) is 0 Å². The summed E-state index contributed by atoms with van der Waals surface area (Å²) in [5.41, 5.74) is 4.06. The molecule has 0 aliphatic rings. The predicted molar refractivity (Wildman–Crippen MR) is 56.1 cm³/mol. The third-order valence-electron chi connectivity index (χ3n) is 2.44. The van der Waals surface area contributed by atoms with Crippen molar-refractivity contribution >= 4 is 0 Å². The van der Waals surface area contributed by atoms with Crippen LogP contribution in [0, 0.1) is 13.8 Å². The zero-order valence-corrected chi connectivity index (χ0v) is 9.60. The van der Waals surface area contributed by atoms with Crippen molar-refractivity contribution in [1.29, 1.82) is 0 Å². The molecule has 0 aromatic carbocycles. The van der Waals surface area contributed by atoms with Crippen molar-refractivity contribution in [1.82, 2.24) is 9.78 Å². The van der Waals surface area contributed by atoms with Gasteiger partial charge in [0.05, 0.1) is 5.69 Å². The summed E-state index contributed by atoms with van der Waals surface area (Å²) in [7, 11) is 0. The molecule has 0 saturated carbocycles. The third kappa shape index (κ3) is 1.77. The second-order valence-electron chi connectivity index (χ2n) is 4.62. The molecule has 0 aliphatic heterocycles. The van der Waals surface area contributed by atoms with Gasteiger partial charge in [-0.3, -0.25) is 4.68 Å². The zero-order chi connectivity index (χ0) is 10.2. The fourth-order valence-electron chi connectivity index (χ4n) is 1.85. The van der Waals surface area contributed by atoms with Crippen LogP contribution in [-0.4, -0.2) is 9.78 Å². The second-order valence-corrected chi connectivity index (χ2v) is 4.62. The first-order chi connectivity index (χ1) is 5.88. The summed E-state index contributed by atoms with van der Waals surface area (Å²) in [5, 5.41) is 4.51. The van der Waals surface area contributed by atoms with E-state index < -0.39 is 0 Å². The van der Waals surface area contributed by atoms with E-state index in [0.717, 1.165) is 12.2 Å². The minimum absolute atomic E-state index is 0.196. The van der Waals surface area contributed by atoms with Crippen LogP contribution in [0.2, 0.25) is 0 Å². The highest BCUT2D eigenvalue weighted by Crippen LogP contribution is 2.27. The van der Waals surface area contributed by atoms with Crippen molar-refractivity contribution in [3.05, 3.63) is 17.0 Å². The topological polar surface area (TPSA) is 17.8 Å². The third-order valence-corrected chi connectivity index (χ3v) is 2.44. The van der Waals surface area contributed by atoms with Crippen LogP contribution >= 0.6 is 0 Å². The Hall–Kier alpha value is -0.790. The van der Waals surface area contributed by atoms with Crippen molar-refractivity contribution in [3.8, 4) is 0 Å². The molecule has 0 fully saturated rings. The van der Waals surface area contributed by atoms with Crippen molar-refractivity contribution < 1.29 is 0 Å². The van der Waals surface area contributed by atoms with Gasteiger partial charge in [-0.1, -0.05) is 20.8 Å². The number of rotatable bonds is 1. The summed E-state index contributed by atoms with van der Waals surface area (Å²) >= 11 is 0. The van der Waals surface area contributed by atoms with Gasteiger partial charge in [-0.2, -0.15) is 5.10 Å². The lowest BCUT2D eigenvalue weighted by Crippen LogP contribution is -2.19. The summed E-state index contributed by atoms with van der Waals surface area (Å²) in [6.45, 7) is 14.1. The number of hydrogen-bond donors (Lipinski definition) is 0. The summed E-state index contributed by atoms with van der Waals surface area (Å²) in [4.78, 5) is 0. The van der Waals surface area contributed by atoms with Crippen LogP contribution in [0.15, 0.2) is 0 Å². The molecule has 0 aliphatic carbocycles. The van der Waals surface area contributed by atoms with Gasteiger partial charge in [0.1, 0.15) is 0 Å². The first-order valence-corrected chi connectivity index (χ1v) is 4.92. The molecule has 0 amide bonds. The monoisotopic (exact) mass is 180 g/mol. The molecule has 2 heteroatoms. The fraction of sp³-hybridized carbons (Fsp3) is 0.727. The van der Waals surface area contributed by atoms with Crippen molar-refractivity contribution in [2.75, 3.05) is 0 Å². The molecule has 1 aromatic heterocycles. The maximum absolute atomic E-state index is 4.51. The molecule has 0 saturated heterocycles. The van der Waals surface area contributed by atoms with Gasteiger partial charge in [0.25, 0.3) is 0 Å². The highest BCUT2D eigenvalue weighted by Gasteiger charge is 2.22. The van der Waals surface area contributed by atoms with Gasteiger partial charge in [0.2, 0.25) is 0 Å². The highest BCUT2D eigenvalue weighted by atomic mass is 15.3. The largest absolute Gasteiger partial charge is 0.269 e. The molecular formula is C11H20N2. The Morgan fingerprint density at radius 1 is 1.23 bits per heavy atom. The van der Waals surface area contributed by atoms with E-state index >= 15 is 0 Å². The molecule has 1 aromatic rings. The minimum atomic E-state index is 0.196. The normalized spacial score (nSPS) is 12.2. The molecular weight excluding hydrogens is 160 g/mol. The molecule has 1 rings (SSSR count). The first-order valence-electron chi connectivity index (χ1n) is 4.92. The first kappa shape index (κ1) is 10.3. The summed E-state index contributed by atoms with van der Waals surface area (Å²) in [5.74, 6) is 0. The summed E-state index contributed by atoms with van der Waals surface area (Å²) in [6.07, 6.45) is 0. The van der Waals surface area contributed by atoms with Crippen LogP contribution in [-0.2, 0) is 12.0 Å². The number of aromatic nitrogens is 2. The Bertz CT molecular complexity index is 303. The average molecular weight is 180 g/mol. The smallest absolute Gasteiger partial charge is 0.0625 e.